The van der Waals surface area contributed by atoms with E-state index in [9.17, 15) is 18.3 Å². The van der Waals surface area contributed by atoms with E-state index in [-0.39, 0.29) is 19.1 Å². The summed E-state index contributed by atoms with van der Waals surface area (Å²) >= 11 is 6.07. The summed E-state index contributed by atoms with van der Waals surface area (Å²) in [7, 11) is 0. The van der Waals surface area contributed by atoms with Crippen LogP contribution in [0.2, 0.25) is 5.02 Å². The minimum atomic E-state index is -0.998. The Morgan fingerprint density at radius 1 is 1.08 bits per heavy atom. The minimum absolute atomic E-state index is 0.195. The lowest BCUT2D eigenvalue weighted by Crippen LogP contribution is -2.31. The van der Waals surface area contributed by atoms with E-state index in [0.717, 1.165) is 25.0 Å². The largest absolute Gasteiger partial charge is 0.387 e. The molecule has 0 amide bonds. The predicted molar refractivity (Wildman–Crippen MR) is 86.2 cm³/mol. The summed E-state index contributed by atoms with van der Waals surface area (Å²) in [6.45, 7) is 0.456. The summed E-state index contributed by atoms with van der Waals surface area (Å²) in [5, 5.41) is 10.7. The second-order valence-electron chi connectivity index (χ2n) is 6.05. The topological polar surface area (TPSA) is 23.5 Å². The highest BCUT2D eigenvalue weighted by molar-refractivity contribution is 6.31. The van der Waals surface area contributed by atoms with E-state index in [1.807, 2.05) is 4.90 Å². The van der Waals surface area contributed by atoms with Crippen molar-refractivity contribution in [1.29, 1.82) is 0 Å². The number of hydrogen-bond donors (Lipinski definition) is 1. The van der Waals surface area contributed by atoms with Crippen LogP contribution in [-0.2, 0) is 6.54 Å². The first-order chi connectivity index (χ1) is 11.5. The van der Waals surface area contributed by atoms with E-state index >= 15 is 0 Å². The summed E-state index contributed by atoms with van der Waals surface area (Å²) < 4.78 is 40.3. The van der Waals surface area contributed by atoms with E-state index in [1.54, 1.807) is 12.1 Å². The molecule has 3 rings (SSSR count). The van der Waals surface area contributed by atoms with Crippen LogP contribution in [0.3, 0.4) is 0 Å². The number of benzene rings is 2. The highest BCUT2D eigenvalue weighted by atomic mass is 35.5. The van der Waals surface area contributed by atoms with Gasteiger partial charge in [-0.2, -0.15) is 0 Å². The molecule has 1 aliphatic carbocycles. The van der Waals surface area contributed by atoms with Gasteiger partial charge >= 0.3 is 0 Å². The van der Waals surface area contributed by atoms with E-state index in [1.165, 1.54) is 12.1 Å². The maximum Gasteiger partial charge on any atom is 0.159 e. The number of hydrogen-bond acceptors (Lipinski definition) is 2. The van der Waals surface area contributed by atoms with E-state index < -0.39 is 23.6 Å². The maximum atomic E-state index is 14.0. The Morgan fingerprint density at radius 3 is 2.46 bits per heavy atom. The zero-order valence-corrected chi connectivity index (χ0v) is 13.6. The molecule has 0 saturated heterocycles. The molecule has 0 heterocycles. The van der Waals surface area contributed by atoms with Gasteiger partial charge in [0.25, 0.3) is 0 Å². The average molecular weight is 356 g/mol. The Balaban J connectivity index is 1.75. The smallest absolute Gasteiger partial charge is 0.159 e. The second kappa shape index (κ2) is 7.13. The van der Waals surface area contributed by atoms with Crippen LogP contribution in [0.1, 0.15) is 30.1 Å². The van der Waals surface area contributed by atoms with Crippen LogP contribution in [0.4, 0.5) is 13.2 Å². The van der Waals surface area contributed by atoms with Crippen molar-refractivity contribution < 1.29 is 18.3 Å². The van der Waals surface area contributed by atoms with Gasteiger partial charge in [-0.15, -0.1) is 0 Å². The molecule has 1 saturated carbocycles. The van der Waals surface area contributed by atoms with Crippen molar-refractivity contribution in [2.24, 2.45) is 0 Å². The molecule has 1 aliphatic rings. The maximum absolute atomic E-state index is 14.0. The van der Waals surface area contributed by atoms with Crippen molar-refractivity contribution in [2.45, 2.75) is 31.5 Å². The summed E-state index contributed by atoms with van der Waals surface area (Å²) in [6, 6.07) is 8.07. The van der Waals surface area contributed by atoms with Crippen LogP contribution in [0.15, 0.2) is 36.4 Å². The first-order valence-electron chi connectivity index (χ1n) is 7.75. The molecule has 1 fully saturated rings. The van der Waals surface area contributed by atoms with Crippen LogP contribution in [0.25, 0.3) is 0 Å². The number of rotatable bonds is 6. The molecule has 0 unspecified atom stereocenters. The summed E-state index contributed by atoms with van der Waals surface area (Å²) in [5.74, 6) is -2.35. The van der Waals surface area contributed by atoms with Crippen LogP contribution in [0, 0.1) is 17.5 Å². The van der Waals surface area contributed by atoms with E-state index in [0.29, 0.717) is 16.1 Å². The standard InChI is InChI=1S/C18H17ClF3NO/c19-14-2-1-3-15(20)13(14)9-23(12-5-6-12)10-18(24)11-4-7-16(21)17(22)8-11/h1-4,7-8,12,18,24H,5-6,9-10H2/t18-/m0/s1. The van der Waals surface area contributed by atoms with Gasteiger partial charge < -0.3 is 5.11 Å². The van der Waals surface area contributed by atoms with E-state index in [4.69, 9.17) is 11.6 Å². The number of halogens is 4. The molecule has 128 valence electrons. The molecule has 0 aliphatic heterocycles. The number of aliphatic hydroxyl groups is 1. The third-order valence-electron chi connectivity index (χ3n) is 4.22. The molecule has 0 radical (unpaired) electrons. The van der Waals surface area contributed by atoms with Gasteiger partial charge in [-0.3, -0.25) is 4.90 Å². The Labute approximate surface area is 143 Å². The molecule has 0 aromatic heterocycles. The van der Waals surface area contributed by atoms with Crippen molar-refractivity contribution in [3.05, 3.63) is 70.0 Å². The highest BCUT2D eigenvalue weighted by Gasteiger charge is 2.31. The minimum Gasteiger partial charge on any atom is -0.387 e. The summed E-state index contributed by atoms with van der Waals surface area (Å²) in [5.41, 5.74) is 0.669. The van der Waals surface area contributed by atoms with Gasteiger partial charge in [0.2, 0.25) is 0 Å². The lowest BCUT2D eigenvalue weighted by atomic mass is 10.1. The first kappa shape index (κ1) is 17.3. The van der Waals surface area contributed by atoms with Gasteiger partial charge in [0.1, 0.15) is 5.82 Å². The fourth-order valence-corrected chi connectivity index (χ4v) is 2.94. The first-order valence-corrected chi connectivity index (χ1v) is 8.13. The molecule has 6 heteroatoms. The molecule has 24 heavy (non-hydrogen) atoms. The monoisotopic (exact) mass is 355 g/mol. The number of aliphatic hydroxyl groups excluding tert-OH is 1. The predicted octanol–water partition coefficient (Wildman–Crippen LogP) is 4.46. The average Bonchev–Trinajstić information content (AvgIpc) is 3.37. The lowest BCUT2D eigenvalue weighted by Gasteiger charge is -2.26. The normalized spacial score (nSPS) is 15.8. The molecule has 1 N–H and O–H groups in total. The molecule has 2 aromatic rings. The molecule has 2 aromatic carbocycles. The van der Waals surface area contributed by atoms with Crippen molar-refractivity contribution in [3.8, 4) is 0 Å². The van der Waals surface area contributed by atoms with Crippen molar-refractivity contribution in [1.82, 2.24) is 4.90 Å². The quantitative estimate of drug-likeness (QED) is 0.827. The highest BCUT2D eigenvalue weighted by Crippen LogP contribution is 2.32. The van der Waals surface area contributed by atoms with Crippen molar-refractivity contribution >= 4 is 11.6 Å². The molecular weight excluding hydrogens is 339 g/mol. The van der Waals surface area contributed by atoms with Gasteiger partial charge in [-0.1, -0.05) is 23.7 Å². The lowest BCUT2D eigenvalue weighted by molar-refractivity contribution is 0.103. The van der Waals surface area contributed by atoms with Gasteiger partial charge in [0.15, 0.2) is 11.6 Å². The SMILES string of the molecule is O[C@@H](CN(Cc1c(F)cccc1Cl)C1CC1)c1ccc(F)c(F)c1. The van der Waals surface area contributed by atoms with Crippen LogP contribution in [0.5, 0.6) is 0 Å². The fraction of sp³-hybridized carbons (Fsp3) is 0.333. The third-order valence-corrected chi connectivity index (χ3v) is 4.58. The van der Waals surface area contributed by atoms with Crippen molar-refractivity contribution in [2.75, 3.05) is 6.54 Å². The third kappa shape index (κ3) is 3.91. The zero-order chi connectivity index (χ0) is 17.3. The summed E-state index contributed by atoms with van der Waals surface area (Å²) in [4.78, 5) is 1.93. The second-order valence-corrected chi connectivity index (χ2v) is 6.46. The van der Waals surface area contributed by atoms with Gasteiger partial charge in [0, 0.05) is 29.7 Å². The summed E-state index contributed by atoms with van der Waals surface area (Å²) in [6.07, 6.45) is 0.916. The number of nitrogens with zero attached hydrogens (tertiary/aromatic N) is 1. The van der Waals surface area contributed by atoms with Crippen LogP contribution >= 0.6 is 11.6 Å². The Bertz CT molecular complexity index is 716. The molecule has 2 nitrogen and oxygen atoms in total. The Morgan fingerprint density at radius 2 is 1.83 bits per heavy atom. The zero-order valence-electron chi connectivity index (χ0n) is 12.9. The van der Waals surface area contributed by atoms with Crippen molar-refractivity contribution in [3.63, 3.8) is 0 Å². The van der Waals surface area contributed by atoms with Crippen LogP contribution < -0.4 is 0 Å². The van der Waals surface area contributed by atoms with Gasteiger partial charge in [-0.05, 0) is 42.7 Å². The van der Waals surface area contributed by atoms with Gasteiger partial charge in [0.05, 0.1) is 6.10 Å². The Kier molecular flexibility index (Phi) is 5.13. The van der Waals surface area contributed by atoms with E-state index in [2.05, 4.69) is 0 Å². The fourth-order valence-electron chi connectivity index (χ4n) is 2.72. The Hall–Kier alpha value is -1.56. The van der Waals surface area contributed by atoms with Gasteiger partial charge in [-0.25, -0.2) is 13.2 Å². The van der Waals surface area contributed by atoms with Crippen LogP contribution in [-0.4, -0.2) is 22.6 Å². The molecule has 0 spiro atoms. The molecule has 0 bridgehead atoms. The molecule has 1 atom stereocenters. The molecular formula is C18H17ClF3NO.